The lowest BCUT2D eigenvalue weighted by molar-refractivity contribution is 0.0309. The van der Waals surface area contributed by atoms with Crippen molar-refractivity contribution in [1.29, 1.82) is 0 Å². The second-order valence-electron chi connectivity index (χ2n) is 8.58. The van der Waals surface area contributed by atoms with Crippen LogP contribution in [0.3, 0.4) is 0 Å². The molecule has 2 heterocycles. The number of fused-ring (bicyclic) bond motifs is 1. The van der Waals surface area contributed by atoms with Crippen LogP contribution in [0.4, 0.5) is 4.39 Å². The zero-order valence-electron chi connectivity index (χ0n) is 19.7. The lowest BCUT2D eigenvalue weighted by Crippen LogP contribution is -2.32. The molecule has 7 heteroatoms. The summed E-state index contributed by atoms with van der Waals surface area (Å²) in [6.07, 6.45) is 0.416. The second kappa shape index (κ2) is 10.2. The average molecular weight is 464 g/mol. The van der Waals surface area contributed by atoms with Crippen molar-refractivity contribution in [2.24, 2.45) is 0 Å². The Balaban J connectivity index is 1.60. The molecule has 0 bridgehead atoms. The van der Waals surface area contributed by atoms with Gasteiger partial charge in [-0.3, -0.25) is 9.59 Å². The summed E-state index contributed by atoms with van der Waals surface area (Å²) < 4.78 is 20.9. The first-order valence-electron chi connectivity index (χ1n) is 11.7. The minimum atomic E-state index is -0.330. The molecular formula is C27H30FN3O3. The molecule has 0 saturated heterocycles. The first kappa shape index (κ1) is 23.7. The van der Waals surface area contributed by atoms with E-state index in [0.717, 1.165) is 17.5 Å². The van der Waals surface area contributed by atoms with Gasteiger partial charge in [-0.1, -0.05) is 49.4 Å². The number of hydrogen-bond acceptors (Lipinski definition) is 3. The average Bonchev–Trinajstić information content (AvgIpc) is 3.25. The largest absolute Gasteiger partial charge is 0.370 e. The number of halogens is 1. The predicted molar refractivity (Wildman–Crippen MR) is 128 cm³/mol. The highest BCUT2D eigenvalue weighted by Crippen LogP contribution is 2.30. The summed E-state index contributed by atoms with van der Waals surface area (Å²) in [6.45, 7) is 6.70. The molecule has 2 N–H and O–H groups in total. The van der Waals surface area contributed by atoms with Crippen LogP contribution in [0.15, 0.2) is 60.7 Å². The van der Waals surface area contributed by atoms with Crippen molar-refractivity contribution < 1.29 is 18.7 Å². The van der Waals surface area contributed by atoms with E-state index in [0.29, 0.717) is 30.1 Å². The highest BCUT2D eigenvalue weighted by atomic mass is 19.1. The minimum absolute atomic E-state index is 0.132. The predicted octanol–water partition coefficient (Wildman–Crippen LogP) is 5.09. The molecule has 1 unspecified atom stereocenters. The number of nitrogens with zero attached hydrogens (tertiary/aromatic N) is 1. The molecule has 0 spiro atoms. The van der Waals surface area contributed by atoms with Crippen LogP contribution < -0.4 is 10.6 Å². The fourth-order valence-electron chi connectivity index (χ4n) is 4.46. The standard InChI is InChI=1S/C27H30FN3O3/c1-4-23(20-8-6-5-7-9-20)30-27(33)24-16-22(25-18(3)34-15-14-31(24)25)26(32)29-17(2)19-10-12-21(28)13-11-19/h5-13,16-18,23H,4,14-15H2,1-3H3,(H,29,32)(H,30,33)/t17-,18?,23-/m1/s1. The monoisotopic (exact) mass is 463 g/mol. The number of aromatic nitrogens is 1. The summed E-state index contributed by atoms with van der Waals surface area (Å²) >= 11 is 0. The molecule has 1 aromatic heterocycles. The summed E-state index contributed by atoms with van der Waals surface area (Å²) in [6, 6.07) is 17.1. The van der Waals surface area contributed by atoms with E-state index in [9.17, 15) is 14.0 Å². The van der Waals surface area contributed by atoms with Gasteiger partial charge in [0, 0.05) is 6.54 Å². The van der Waals surface area contributed by atoms with Crippen molar-refractivity contribution in [3.8, 4) is 0 Å². The Hall–Kier alpha value is -3.45. The highest BCUT2D eigenvalue weighted by Gasteiger charge is 2.31. The molecule has 34 heavy (non-hydrogen) atoms. The Labute approximate surface area is 199 Å². The van der Waals surface area contributed by atoms with Crippen LogP contribution in [-0.4, -0.2) is 23.0 Å². The Morgan fingerprint density at radius 1 is 1.06 bits per heavy atom. The zero-order chi connectivity index (χ0) is 24.2. The van der Waals surface area contributed by atoms with E-state index >= 15 is 0 Å². The summed E-state index contributed by atoms with van der Waals surface area (Å²) in [5.41, 5.74) is 3.37. The van der Waals surface area contributed by atoms with Crippen molar-refractivity contribution >= 4 is 11.8 Å². The van der Waals surface area contributed by atoms with Gasteiger partial charge in [0.1, 0.15) is 11.5 Å². The number of nitrogens with one attached hydrogen (secondary N) is 2. The maximum Gasteiger partial charge on any atom is 0.268 e. The van der Waals surface area contributed by atoms with Gasteiger partial charge >= 0.3 is 0 Å². The fourth-order valence-corrected chi connectivity index (χ4v) is 4.46. The van der Waals surface area contributed by atoms with E-state index in [1.807, 2.05) is 55.7 Å². The maximum absolute atomic E-state index is 13.3. The number of carbonyl (C=O) groups is 2. The van der Waals surface area contributed by atoms with Crippen LogP contribution in [-0.2, 0) is 11.3 Å². The first-order chi connectivity index (χ1) is 16.4. The topological polar surface area (TPSA) is 72.4 Å². The van der Waals surface area contributed by atoms with Crippen LogP contribution in [0.25, 0.3) is 0 Å². The SMILES string of the molecule is CC[C@@H](NC(=O)c1cc(C(=O)N[C@H](C)c2ccc(F)cc2)c2n1CCOC2C)c1ccccc1. The number of amides is 2. The zero-order valence-corrected chi connectivity index (χ0v) is 19.7. The third kappa shape index (κ3) is 4.89. The number of carbonyl (C=O) groups excluding carboxylic acids is 2. The van der Waals surface area contributed by atoms with Crippen LogP contribution in [0.2, 0.25) is 0 Å². The lowest BCUT2D eigenvalue weighted by Gasteiger charge is -2.26. The number of benzene rings is 2. The van der Waals surface area contributed by atoms with Crippen molar-refractivity contribution in [2.75, 3.05) is 6.61 Å². The first-order valence-corrected chi connectivity index (χ1v) is 11.7. The second-order valence-corrected chi connectivity index (χ2v) is 8.58. The molecule has 3 atom stereocenters. The molecule has 2 amide bonds. The van der Waals surface area contributed by atoms with Crippen LogP contribution in [0.5, 0.6) is 0 Å². The smallest absolute Gasteiger partial charge is 0.268 e. The van der Waals surface area contributed by atoms with Crippen molar-refractivity contribution in [1.82, 2.24) is 15.2 Å². The molecule has 178 valence electrons. The molecule has 6 nitrogen and oxygen atoms in total. The molecule has 0 radical (unpaired) electrons. The summed E-state index contributed by atoms with van der Waals surface area (Å²) in [5, 5.41) is 6.09. The lowest BCUT2D eigenvalue weighted by atomic mass is 10.0. The summed E-state index contributed by atoms with van der Waals surface area (Å²) in [5.74, 6) is -0.852. The van der Waals surface area contributed by atoms with Gasteiger partial charge in [0.25, 0.3) is 11.8 Å². The van der Waals surface area contributed by atoms with Crippen LogP contribution >= 0.6 is 0 Å². The fraction of sp³-hybridized carbons (Fsp3) is 0.333. The molecule has 0 aliphatic carbocycles. The third-order valence-corrected chi connectivity index (χ3v) is 6.32. The van der Waals surface area contributed by atoms with Gasteiger partial charge < -0.3 is 19.9 Å². The third-order valence-electron chi connectivity index (χ3n) is 6.32. The maximum atomic E-state index is 13.3. The molecule has 0 saturated carbocycles. The Kier molecular flexibility index (Phi) is 7.12. The molecule has 3 aromatic rings. The Morgan fingerprint density at radius 2 is 1.76 bits per heavy atom. The van der Waals surface area contributed by atoms with Gasteiger partial charge in [-0.2, -0.15) is 0 Å². The normalized spacial score (nSPS) is 16.9. The van der Waals surface area contributed by atoms with Crippen molar-refractivity contribution in [2.45, 2.75) is 51.9 Å². The molecule has 1 aliphatic rings. The quantitative estimate of drug-likeness (QED) is 0.513. The number of rotatable bonds is 7. The van der Waals surface area contributed by atoms with Gasteiger partial charge in [0.05, 0.1) is 36.1 Å². The van der Waals surface area contributed by atoms with Crippen LogP contribution in [0.1, 0.15) is 83.0 Å². The van der Waals surface area contributed by atoms with E-state index in [4.69, 9.17) is 4.74 Å². The van der Waals surface area contributed by atoms with E-state index < -0.39 is 0 Å². The van der Waals surface area contributed by atoms with Gasteiger partial charge in [0.15, 0.2) is 0 Å². The van der Waals surface area contributed by atoms with E-state index in [2.05, 4.69) is 10.6 Å². The molecule has 1 aliphatic heterocycles. The summed E-state index contributed by atoms with van der Waals surface area (Å²) in [7, 11) is 0. The van der Waals surface area contributed by atoms with E-state index in [1.165, 1.54) is 12.1 Å². The molecule has 4 rings (SSSR count). The van der Waals surface area contributed by atoms with Crippen molar-refractivity contribution in [3.05, 3.63) is 94.6 Å². The minimum Gasteiger partial charge on any atom is -0.370 e. The molecular weight excluding hydrogens is 433 g/mol. The number of hydrogen-bond donors (Lipinski definition) is 2. The van der Waals surface area contributed by atoms with Gasteiger partial charge in [-0.15, -0.1) is 0 Å². The van der Waals surface area contributed by atoms with Gasteiger partial charge in [-0.25, -0.2) is 4.39 Å². The van der Waals surface area contributed by atoms with E-state index in [1.54, 1.807) is 18.2 Å². The molecule has 2 aromatic carbocycles. The van der Waals surface area contributed by atoms with E-state index in [-0.39, 0.29) is 35.8 Å². The van der Waals surface area contributed by atoms with Crippen LogP contribution in [0, 0.1) is 5.82 Å². The Morgan fingerprint density at radius 3 is 2.44 bits per heavy atom. The summed E-state index contributed by atoms with van der Waals surface area (Å²) in [4.78, 5) is 26.6. The van der Waals surface area contributed by atoms with Gasteiger partial charge in [0.2, 0.25) is 0 Å². The highest BCUT2D eigenvalue weighted by molar-refractivity contribution is 6.01. The number of ether oxygens (including phenoxy) is 1. The Bertz CT molecular complexity index is 1160. The molecule has 0 fully saturated rings. The van der Waals surface area contributed by atoms with Gasteiger partial charge in [-0.05, 0) is 49.6 Å². The van der Waals surface area contributed by atoms with Crippen molar-refractivity contribution in [3.63, 3.8) is 0 Å².